The van der Waals surface area contributed by atoms with Crippen LogP contribution in [0.1, 0.15) is 31.4 Å². The number of amides is 2. The maximum Gasteiger partial charge on any atom is 0.272 e. The van der Waals surface area contributed by atoms with Crippen molar-refractivity contribution < 1.29 is 14.4 Å². The number of carbonyl (C=O) groups excluding carboxylic acids is 2. The third-order valence-electron chi connectivity index (χ3n) is 4.40. The van der Waals surface area contributed by atoms with E-state index in [0.717, 1.165) is 5.56 Å². The SMILES string of the molecule is CCCN(CC(=O)Nc1cc(Cl)ccc1Cl)C(=O)C1=NOC(c2ccccc2)C1. The molecule has 0 radical (unpaired) electrons. The molecule has 1 atom stereocenters. The minimum atomic E-state index is -0.366. The number of oxime groups is 1. The van der Waals surface area contributed by atoms with Gasteiger partial charge >= 0.3 is 0 Å². The summed E-state index contributed by atoms with van der Waals surface area (Å²) in [7, 11) is 0. The average molecular weight is 434 g/mol. The smallest absolute Gasteiger partial charge is 0.272 e. The molecule has 1 heterocycles. The van der Waals surface area contributed by atoms with Crippen molar-refractivity contribution in [3.63, 3.8) is 0 Å². The van der Waals surface area contributed by atoms with Crippen LogP contribution < -0.4 is 5.32 Å². The first kappa shape index (κ1) is 21.1. The first-order chi connectivity index (χ1) is 14.0. The quantitative estimate of drug-likeness (QED) is 0.688. The maximum absolute atomic E-state index is 12.9. The zero-order valence-electron chi connectivity index (χ0n) is 15.9. The highest BCUT2D eigenvalue weighted by Gasteiger charge is 2.30. The third kappa shape index (κ3) is 5.49. The zero-order chi connectivity index (χ0) is 20.8. The second-order valence-electron chi connectivity index (χ2n) is 6.65. The van der Waals surface area contributed by atoms with Gasteiger partial charge in [-0.15, -0.1) is 0 Å². The Balaban J connectivity index is 1.64. The van der Waals surface area contributed by atoms with Gasteiger partial charge in [-0.3, -0.25) is 9.59 Å². The molecule has 8 heteroatoms. The van der Waals surface area contributed by atoms with E-state index in [1.165, 1.54) is 4.90 Å². The molecule has 0 bridgehead atoms. The fourth-order valence-corrected chi connectivity index (χ4v) is 3.35. The highest BCUT2D eigenvalue weighted by atomic mass is 35.5. The predicted octanol–water partition coefficient (Wildman–Crippen LogP) is 4.69. The summed E-state index contributed by atoms with van der Waals surface area (Å²) in [5.41, 5.74) is 1.66. The average Bonchev–Trinajstić information content (AvgIpc) is 3.21. The van der Waals surface area contributed by atoms with Gasteiger partial charge in [0.1, 0.15) is 12.3 Å². The molecule has 29 heavy (non-hydrogen) atoms. The molecule has 0 aromatic heterocycles. The van der Waals surface area contributed by atoms with Crippen LogP contribution in [0.5, 0.6) is 0 Å². The van der Waals surface area contributed by atoms with E-state index >= 15 is 0 Å². The summed E-state index contributed by atoms with van der Waals surface area (Å²) in [6.07, 6.45) is 0.774. The summed E-state index contributed by atoms with van der Waals surface area (Å²) in [5.74, 6) is -0.673. The van der Waals surface area contributed by atoms with Gasteiger partial charge in [-0.1, -0.05) is 65.6 Å². The Morgan fingerprint density at radius 2 is 1.97 bits per heavy atom. The van der Waals surface area contributed by atoms with E-state index in [-0.39, 0.29) is 24.5 Å². The molecule has 3 rings (SSSR count). The van der Waals surface area contributed by atoms with Gasteiger partial charge in [-0.25, -0.2) is 0 Å². The highest BCUT2D eigenvalue weighted by molar-refractivity contribution is 6.39. The van der Waals surface area contributed by atoms with E-state index in [9.17, 15) is 9.59 Å². The summed E-state index contributed by atoms with van der Waals surface area (Å²) in [5, 5.41) is 7.49. The van der Waals surface area contributed by atoms with Gasteiger partial charge in [0.2, 0.25) is 5.91 Å². The van der Waals surface area contributed by atoms with Gasteiger partial charge in [-0.05, 0) is 30.2 Å². The lowest BCUT2D eigenvalue weighted by Crippen LogP contribution is -2.41. The van der Waals surface area contributed by atoms with E-state index in [1.807, 2.05) is 37.3 Å². The van der Waals surface area contributed by atoms with Crippen LogP contribution in [0, 0.1) is 0 Å². The van der Waals surface area contributed by atoms with Gasteiger partial charge in [-0.2, -0.15) is 0 Å². The van der Waals surface area contributed by atoms with Crippen LogP contribution in [0.25, 0.3) is 0 Å². The Hall–Kier alpha value is -2.57. The molecule has 2 aromatic carbocycles. The molecule has 152 valence electrons. The molecule has 0 saturated carbocycles. The van der Waals surface area contributed by atoms with Crippen molar-refractivity contribution in [2.75, 3.05) is 18.4 Å². The molecule has 0 fully saturated rings. The summed E-state index contributed by atoms with van der Waals surface area (Å²) >= 11 is 12.0. The van der Waals surface area contributed by atoms with E-state index < -0.39 is 0 Å². The van der Waals surface area contributed by atoms with Crippen LogP contribution in [-0.4, -0.2) is 35.5 Å². The first-order valence-electron chi connectivity index (χ1n) is 9.29. The summed E-state index contributed by atoms with van der Waals surface area (Å²) in [6.45, 7) is 2.24. The lowest BCUT2D eigenvalue weighted by Gasteiger charge is -2.21. The molecule has 0 aliphatic carbocycles. The molecule has 1 unspecified atom stereocenters. The van der Waals surface area contributed by atoms with Crippen molar-refractivity contribution in [2.45, 2.75) is 25.9 Å². The van der Waals surface area contributed by atoms with Crippen molar-refractivity contribution in [1.82, 2.24) is 4.90 Å². The Labute approximate surface area is 179 Å². The summed E-state index contributed by atoms with van der Waals surface area (Å²) in [6, 6.07) is 14.4. The number of hydrogen-bond acceptors (Lipinski definition) is 4. The van der Waals surface area contributed by atoms with Crippen LogP contribution in [-0.2, 0) is 14.4 Å². The molecule has 6 nitrogen and oxygen atoms in total. The van der Waals surface area contributed by atoms with E-state index in [4.69, 9.17) is 28.0 Å². The van der Waals surface area contributed by atoms with E-state index in [1.54, 1.807) is 18.2 Å². The van der Waals surface area contributed by atoms with Gasteiger partial charge in [0.05, 0.1) is 10.7 Å². The third-order valence-corrected chi connectivity index (χ3v) is 4.97. The Morgan fingerprint density at radius 1 is 1.21 bits per heavy atom. The molecular weight excluding hydrogens is 413 g/mol. The van der Waals surface area contributed by atoms with Gasteiger partial charge in [0, 0.05) is 18.0 Å². The van der Waals surface area contributed by atoms with Crippen molar-refractivity contribution in [3.05, 3.63) is 64.1 Å². The number of nitrogens with zero attached hydrogens (tertiary/aromatic N) is 2. The number of nitrogens with one attached hydrogen (secondary N) is 1. The minimum Gasteiger partial charge on any atom is -0.387 e. The van der Waals surface area contributed by atoms with E-state index in [2.05, 4.69) is 10.5 Å². The van der Waals surface area contributed by atoms with Gasteiger partial charge in [0.15, 0.2) is 6.10 Å². The Morgan fingerprint density at radius 3 is 2.69 bits per heavy atom. The topological polar surface area (TPSA) is 71.0 Å². The van der Waals surface area contributed by atoms with Crippen LogP contribution in [0.3, 0.4) is 0 Å². The number of halogens is 2. The minimum absolute atomic E-state index is 0.120. The number of rotatable bonds is 7. The van der Waals surface area contributed by atoms with Gasteiger partial charge < -0.3 is 15.1 Å². The molecule has 0 spiro atoms. The zero-order valence-corrected chi connectivity index (χ0v) is 17.4. The van der Waals surface area contributed by atoms with Crippen molar-refractivity contribution in [2.24, 2.45) is 5.16 Å². The van der Waals surface area contributed by atoms with Crippen LogP contribution in [0.4, 0.5) is 5.69 Å². The maximum atomic E-state index is 12.9. The molecule has 1 aliphatic heterocycles. The molecule has 2 amide bonds. The standard InChI is InChI=1S/C21H21Cl2N3O3/c1-2-10-26(13-20(27)24-17-11-15(22)8-9-16(17)23)21(28)18-12-19(29-25-18)14-6-4-3-5-7-14/h3-9,11,19H,2,10,12-13H2,1H3,(H,24,27). The largest absolute Gasteiger partial charge is 0.387 e. The van der Waals surface area contributed by atoms with Gasteiger partial charge in [0.25, 0.3) is 5.91 Å². The molecule has 1 aliphatic rings. The predicted molar refractivity (Wildman–Crippen MR) is 114 cm³/mol. The lowest BCUT2D eigenvalue weighted by molar-refractivity contribution is -0.129. The fourth-order valence-electron chi connectivity index (χ4n) is 3.01. The normalized spacial score (nSPS) is 15.4. The van der Waals surface area contributed by atoms with Crippen molar-refractivity contribution in [1.29, 1.82) is 0 Å². The second-order valence-corrected chi connectivity index (χ2v) is 7.49. The van der Waals surface area contributed by atoms with Crippen LogP contribution >= 0.6 is 23.2 Å². The number of anilines is 1. The summed E-state index contributed by atoms with van der Waals surface area (Å²) < 4.78 is 0. The first-order valence-corrected chi connectivity index (χ1v) is 10.0. The Kier molecular flexibility index (Phi) is 7.12. The molecule has 1 N–H and O–H groups in total. The van der Waals surface area contributed by atoms with Crippen molar-refractivity contribution in [3.8, 4) is 0 Å². The second kappa shape index (κ2) is 9.76. The summed E-state index contributed by atoms with van der Waals surface area (Å²) in [4.78, 5) is 32.3. The lowest BCUT2D eigenvalue weighted by atomic mass is 10.0. The van der Waals surface area contributed by atoms with E-state index in [0.29, 0.717) is 40.8 Å². The molecule has 2 aromatic rings. The van der Waals surface area contributed by atoms with Crippen LogP contribution in [0.2, 0.25) is 10.0 Å². The molecule has 0 saturated heterocycles. The Bertz CT molecular complexity index is 919. The number of benzene rings is 2. The highest BCUT2D eigenvalue weighted by Crippen LogP contribution is 2.28. The fraction of sp³-hybridized carbons (Fsp3) is 0.286. The monoisotopic (exact) mass is 433 g/mol. The molecular formula is C21H21Cl2N3O3. The van der Waals surface area contributed by atoms with Crippen molar-refractivity contribution >= 4 is 46.4 Å². The number of carbonyl (C=O) groups is 2. The van der Waals surface area contributed by atoms with Crippen LogP contribution in [0.15, 0.2) is 53.7 Å². The number of hydrogen-bond donors (Lipinski definition) is 1.